The van der Waals surface area contributed by atoms with Gasteiger partial charge in [0.05, 0.1) is 0 Å². The highest BCUT2D eigenvalue weighted by molar-refractivity contribution is 5.85. The summed E-state index contributed by atoms with van der Waals surface area (Å²) in [7, 11) is 0. The third-order valence-electron chi connectivity index (χ3n) is 1.08. The number of aromatic amines is 1. The Morgan fingerprint density at radius 3 is 2.40 bits per heavy atom. The van der Waals surface area contributed by atoms with Crippen LogP contribution in [0, 0.1) is 0 Å². The van der Waals surface area contributed by atoms with Gasteiger partial charge in [-0.25, -0.2) is 4.98 Å². The highest BCUT2D eigenvalue weighted by Crippen LogP contribution is 2.12. The molecule has 1 aromatic rings. The van der Waals surface area contributed by atoms with Crippen LogP contribution in [0.1, 0.15) is 19.7 Å². The first kappa shape index (κ1) is 9.46. The van der Waals surface area contributed by atoms with E-state index in [1.807, 2.05) is 0 Å². The standard InChI is InChI=1S/C6H10N2O.ClH/c1-6(2,9)5-7-3-4-8-5;/h3-4,9H,1-2H3,(H,7,8);1H. The molecular formula is C6H11ClN2O. The summed E-state index contributed by atoms with van der Waals surface area (Å²) in [5, 5.41) is 9.28. The lowest BCUT2D eigenvalue weighted by atomic mass is 10.1. The Balaban J connectivity index is 0.000000810. The lowest BCUT2D eigenvalue weighted by molar-refractivity contribution is 0.0697. The van der Waals surface area contributed by atoms with E-state index in [4.69, 9.17) is 0 Å². The van der Waals surface area contributed by atoms with Crippen LogP contribution in [0.3, 0.4) is 0 Å². The van der Waals surface area contributed by atoms with Crippen LogP contribution in [0.15, 0.2) is 12.4 Å². The molecule has 58 valence electrons. The lowest BCUT2D eigenvalue weighted by Gasteiger charge is -2.12. The number of hydrogen-bond donors (Lipinski definition) is 2. The molecule has 1 heterocycles. The zero-order valence-electron chi connectivity index (χ0n) is 5.96. The third-order valence-corrected chi connectivity index (χ3v) is 1.08. The van der Waals surface area contributed by atoms with Gasteiger partial charge in [0.15, 0.2) is 0 Å². The molecule has 2 N–H and O–H groups in total. The number of nitrogens with one attached hydrogen (secondary N) is 1. The van der Waals surface area contributed by atoms with Crippen molar-refractivity contribution in [2.24, 2.45) is 0 Å². The predicted molar refractivity (Wildman–Crippen MR) is 41.1 cm³/mol. The second-order valence-corrected chi connectivity index (χ2v) is 2.50. The number of halogens is 1. The van der Waals surface area contributed by atoms with Crippen LogP contribution < -0.4 is 0 Å². The molecule has 0 fully saturated rings. The number of imidazole rings is 1. The van der Waals surface area contributed by atoms with Gasteiger partial charge in [-0.1, -0.05) is 0 Å². The fourth-order valence-electron chi connectivity index (χ4n) is 0.600. The van der Waals surface area contributed by atoms with Crippen molar-refractivity contribution in [3.8, 4) is 0 Å². The van der Waals surface area contributed by atoms with E-state index in [9.17, 15) is 5.11 Å². The molecule has 0 amide bonds. The first-order chi connectivity index (χ1) is 4.11. The molecular weight excluding hydrogens is 152 g/mol. The molecule has 1 rings (SSSR count). The third kappa shape index (κ3) is 2.01. The fourth-order valence-corrected chi connectivity index (χ4v) is 0.600. The summed E-state index contributed by atoms with van der Waals surface area (Å²) in [5.41, 5.74) is -0.844. The van der Waals surface area contributed by atoms with E-state index in [0.29, 0.717) is 5.82 Å². The summed E-state index contributed by atoms with van der Waals surface area (Å²) >= 11 is 0. The van der Waals surface area contributed by atoms with Crippen molar-refractivity contribution in [3.05, 3.63) is 18.2 Å². The van der Waals surface area contributed by atoms with E-state index in [1.54, 1.807) is 26.2 Å². The fraction of sp³-hybridized carbons (Fsp3) is 0.500. The van der Waals surface area contributed by atoms with Crippen molar-refractivity contribution in [1.82, 2.24) is 9.97 Å². The predicted octanol–water partition coefficient (Wildman–Crippen LogP) is 1.06. The number of rotatable bonds is 1. The first-order valence-electron chi connectivity index (χ1n) is 2.83. The van der Waals surface area contributed by atoms with Crippen molar-refractivity contribution in [2.45, 2.75) is 19.4 Å². The zero-order chi connectivity index (χ0) is 6.91. The van der Waals surface area contributed by atoms with E-state index >= 15 is 0 Å². The van der Waals surface area contributed by atoms with Crippen LogP contribution in [0.2, 0.25) is 0 Å². The van der Waals surface area contributed by atoms with E-state index in [2.05, 4.69) is 9.97 Å². The molecule has 10 heavy (non-hydrogen) atoms. The average Bonchev–Trinajstić information content (AvgIpc) is 2.08. The van der Waals surface area contributed by atoms with Crippen molar-refractivity contribution < 1.29 is 5.11 Å². The molecule has 0 saturated carbocycles. The molecule has 0 atom stereocenters. The Hall–Kier alpha value is -0.540. The Bertz CT molecular complexity index is 178. The van der Waals surface area contributed by atoms with E-state index < -0.39 is 5.60 Å². The Morgan fingerprint density at radius 2 is 2.20 bits per heavy atom. The Morgan fingerprint density at radius 1 is 1.60 bits per heavy atom. The van der Waals surface area contributed by atoms with Crippen LogP contribution in [0.5, 0.6) is 0 Å². The van der Waals surface area contributed by atoms with E-state index in [-0.39, 0.29) is 12.4 Å². The summed E-state index contributed by atoms with van der Waals surface area (Å²) < 4.78 is 0. The maximum atomic E-state index is 9.28. The normalized spacial score (nSPS) is 10.7. The quantitative estimate of drug-likeness (QED) is 0.649. The van der Waals surface area contributed by atoms with Crippen LogP contribution in [0.4, 0.5) is 0 Å². The van der Waals surface area contributed by atoms with Crippen molar-refractivity contribution in [1.29, 1.82) is 0 Å². The molecule has 3 nitrogen and oxygen atoms in total. The van der Waals surface area contributed by atoms with Gasteiger partial charge < -0.3 is 10.1 Å². The number of nitrogens with zero attached hydrogens (tertiary/aromatic N) is 1. The van der Waals surface area contributed by atoms with Gasteiger partial charge in [0.25, 0.3) is 0 Å². The van der Waals surface area contributed by atoms with Gasteiger partial charge in [-0.3, -0.25) is 0 Å². The van der Waals surface area contributed by atoms with E-state index in [1.165, 1.54) is 0 Å². The lowest BCUT2D eigenvalue weighted by Crippen LogP contribution is -2.17. The van der Waals surface area contributed by atoms with Crippen molar-refractivity contribution in [2.75, 3.05) is 0 Å². The number of hydrogen-bond acceptors (Lipinski definition) is 2. The SMILES string of the molecule is CC(C)(O)c1ncc[nH]1.Cl. The van der Waals surface area contributed by atoms with Crippen LogP contribution in [-0.2, 0) is 5.60 Å². The van der Waals surface area contributed by atoms with Gasteiger partial charge in [0, 0.05) is 12.4 Å². The minimum atomic E-state index is -0.844. The van der Waals surface area contributed by atoms with Crippen LogP contribution in [-0.4, -0.2) is 15.1 Å². The summed E-state index contributed by atoms with van der Waals surface area (Å²) in [6.45, 7) is 3.37. The molecule has 0 aromatic carbocycles. The second-order valence-electron chi connectivity index (χ2n) is 2.50. The molecule has 0 spiro atoms. The molecule has 0 aliphatic rings. The Kier molecular flexibility index (Phi) is 2.87. The van der Waals surface area contributed by atoms with Crippen molar-refractivity contribution >= 4 is 12.4 Å². The summed E-state index contributed by atoms with van der Waals surface area (Å²) in [6.07, 6.45) is 3.31. The molecule has 0 saturated heterocycles. The number of aliphatic hydroxyl groups is 1. The molecule has 1 aromatic heterocycles. The van der Waals surface area contributed by atoms with Gasteiger partial charge in [0.1, 0.15) is 11.4 Å². The monoisotopic (exact) mass is 162 g/mol. The number of aromatic nitrogens is 2. The highest BCUT2D eigenvalue weighted by Gasteiger charge is 2.17. The first-order valence-corrected chi connectivity index (χ1v) is 2.83. The van der Waals surface area contributed by atoms with Gasteiger partial charge in [-0.05, 0) is 13.8 Å². The van der Waals surface area contributed by atoms with Gasteiger partial charge in [-0.2, -0.15) is 0 Å². The van der Waals surface area contributed by atoms with Crippen molar-refractivity contribution in [3.63, 3.8) is 0 Å². The maximum Gasteiger partial charge on any atom is 0.137 e. The molecule has 4 heteroatoms. The van der Waals surface area contributed by atoms with Gasteiger partial charge in [-0.15, -0.1) is 12.4 Å². The van der Waals surface area contributed by atoms with Gasteiger partial charge >= 0.3 is 0 Å². The smallest absolute Gasteiger partial charge is 0.137 e. The number of H-pyrrole nitrogens is 1. The molecule has 0 radical (unpaired) electrons. The summed E-state index contributed by atoms with van der Waals surface area (Å²) in [4.78, 5) is 6.70. The molecule has 0 unspecified atom stereocenters. The molecule has 0 bridgehead atoms. The van der Waals surface area contributed by atoms with Gasteiger partial charge in [0.2, 0.25) is 0 Å². The van der Waals surface area contributed by atoms with Crippen LogP contribution >= 0.6 is 12.4 Å². The van der Waals surface area contributed by atoms with Crippen LogP contribution in [0.25, 0.3) is 0 Å². The van der Waals surface area contributed by atoms with E-state index in [0.717, 1.165) is 0 Å². The topological polar surface area (TPSA) is 48.9 Å². The molecule has 0 aliphatic heterocycles. The largest absolute Gasteiger partial charge is 0.383 e. The maximum absolute atomic E-state index is 9.28. The zero-order valence-corrected chi connectivity index (χ0v) is 6.77. The minimum Gasteiger partial charge on any atom is -0.383 e. The molecule has 0 aliphatic carbocycles. The highest BCUT2D eigenvalue weighted by atomic mass is 35.5. The Labute approximate surface area is 65.9 Å². The summed E-state index contributed by atoms with van der Waals surface area (Å²) in [5.74, 6) is 0.600. The second kappa shape index (κ2) is 3.03. The summed E-state index contributed by atoms with van der Waals surface area (Å²) in [6, 6.07) is 0. The average molecular weight is 163 g/mol. The minimum absolute atomic E-state index is 0.